The zero-order chi connectivity index (χ0) is 20.8. The highest BCUT2D eigenvalue weighted by Crippen LogP contribution is 2.16. The molecule has 0 aromatic heterocycles. The lowest BCUT2D eigenvalue weighted by Crippen LogP contribution is -2.11. The van der Waals surface area contributed by atoms with Crippen molar-refractivity contribution in [3.8, 4) is 0 Å². The maximum Gasteiger partial charge on any atom is 0.183 e. The van der Waals surface area contributed by atoms with E-state index in [1.807, 2.05) is 0 Å². The van der Waals surface area contributed by atoms with Gasteiger partial charge in [0, 0.05) is 6.42 Å². The molecule has 0 saturated heterocycles. The minimum Gasteiger partial charge on any atom is -0.476 e. The van der Waals surface area contributed by atoms with E-state index in [1.165, 1.54) is 128 Å². The molecule has 172 valence electrons. The van der Waals surface area contributed by atoms with Gasteiger partial charge in [0.05, 0.1) is 6.54 Å². The molecule has 0 bridgehead atoms. The van der Waals surface area contributed by atoms with Gasteiger partial charge in [0.1, 0.15) is 6.10 Å². The van der Waals surface area contributed by atoms with Crippen molar-refractivity contribution >= 4 is 5.90 Å². The van der Waals surface area contributed by atoms with Crippen molar-refractivity contribution in [2.24, 2.45) is 4.99 Å². The number of ether oxygens (including phenoxy) is 1. The number of aliphatic imine (C=N–C) groups is 1. The monoisotopic (exact) mass is 407 g/mol. The third-order valence-electron chi connectivity index (χ3n) is 6.47. The van der Waals surface area contributed by atoms with Crippen LogP contribution in [0.5, 0.6) is 0 Å². The van der Waals surface area contributed by atoms with Gasteiger partial charge < -0.3 is 4.74 Å². The van der Waals surface area contributed by atoms with Gasteiger partial charge in [-0.05, 0) is 12.8 Å². The minimum absolute atomic E-state index is 0.370. The summed E-state index contributed by atoms with van der Waals surface area (Å²) in [4.78, 5) is 4.50. The van der Waals surface area contributed by atoms with Crippen molar-refractivity contribution in [3.05, 3.63) is 0 Å². The molecule has 0 spiro atoms. The summed E-state index contributed by atoms with van der Waals surface area (Å²) in [6.07, 6.45) is 31.3. The summed E-state index contributed by atoms with van der Waals surface area (Å²) in [6, 6.07) is 0. The van der Waals surface area contributed by atoms with Gasteiger partial charge in [0.15, 0.2) is 5.90 Å². The zero-order valence-electron chi connectivity index (χ0n) is 20.2. The van der Waals surface area contributed by atoms with Crippen molar-refractivity contribution in [1.29, 1.82) is 0 Å². The van der Waals surface area contributed by atoms with Gasteiger partial charge in [-0.2, -0.15) is 0 Å². The molecule has 0 amide bonds. The predicted molar refractivity (Wildman–Crippen MR) is 130 cm³/mol. The van der Waals surface area contributed by atoms with Crippen LogP contribution in [0.3, 0.4) is 0 Å². The fourth-order valence-electron chi connectivity index (χ4n) is 4.35. The Bertz CT molecular complexity index is 366. The molecule has 1 aliphatic rings. The molecule has 0 aliphatic carbocycles. The van der Waals surface area contributed by atoms with Gasteiger partial charge >= 0.3 is 0 Å². The van der Waals surface area contributed by atoms with Crippen LogP contribution in [0.2, 0.25) is 0 Å². The Morgan fingerprint density at radius 3 is 1.31 bits per heavy atom. The average Bonchev–Trinajstić information content (AvgIpc) is 3.20. The van der Waals surface area contributed by atoms with E-state index in [4.69, 9.17) is 4.74 Å². The van der Waals surface area contributed by atoms with Crippen LogP contribution in [-0.4, -0.2) is 18.5 Å². The Balaban J connectivity index is 1.66. The molecular formula is C27H53NO. The van der Waals surface area contributed by atoms with E-state index in [9.17, 15) is 0 Å². The maximum absolute atomic E-state index is 5.80. The SMILES string of the molecule is CCCCCCCCCCCCCCCCCCCCCCC1=NCC(CC)O1. The van der Waals surface area contributed by atoms with Crippen LogP contribution in [0.15, 0.2) is 4.99 Å². The quantitative estimate of drug-likeness (QED) is 0.164. The molecule has 0 radical (unpaired) electrons. The first kappa shape index (κ1) is 26.5. The van der Waals surface area contributed by atoms with E-state index in [1.54, 1.807) is 0 Å². The standard InChI is InChI=1S/C27H53NO/c1-3-5-6-7-8-9-10-11-12-13-14-15-16-17-18-19-20-21-22-23-24-27-28-25-26(4-2)29-27/h26H,3-25H2,1-2H3. The molecule has 0 aromatic carbocycles. The number of unbranched alkanes of at least 4 members (excludes halogenated alkanes) is 19. The van der Waals surface area contributed by atoms with Crippen LogP contribution in [0.25, 0.3) is 0 Å². The van der Waals surface area contributed by atoms with Crippen LogP contribution in [-0.2, 0) is 4.74 Å². The first-order valence-electron chi connectivity index (χ1n) is 13.6. The number of hydrogen-bond acceptors (Lipinski definition) is 2. The summed E-state index contributed by atoms with van der Waals surface area (Å²) < 4.78 is 5.80. The van der Waals surface area contributed by atoms with Gasteiger partial charge in [-0.3, -0.25) is 4.99 Å². The van der Waals surface area contributed by atoms with E-state index < -0.39 is 0 Å². The number of hydrogen-bond donors (Lipinski definition) is 0. The van der Waals surface area contributed by atoms with Crippen LogP contribution in [0.4, 0.5) is 0 Å². The molecule has 1 unspecified atom stereocenters. The summed E-state index contributed by atoms with van der Waals surface area (Å²) >= 11 is 0. The molecule has 1 heterocycles. The summed E-state index contributed by atoms with van der Waals surface area (Å²) in [5, 5.41) is 0. The Kier molecular flexibility index (Phi) is 18.9. The largest absolute Gasteiger partial charge is 0.476 e. The third-order valence-corrected chi connectivity index (χ3v) is 6.47. The molecule has 1 rings (SSSR count). The van der Waals surface area contributed by atoms with E-state index in [2.05, 4.69) is 18.8 Å². The summed E-state index contributed by atoms with van der Waals surface area (Å²) in [6.45, 7) is 5.37. The van der Waals surface area contributed by atoms with Crippen LogP contribution >= 0.6 is 0 Å². The molecule has 0 saturated carbocycles. The van der Waals surface area contributed by atoms with Crippen molar-refractivity contribution in [2.45, 2.75) is 161 Å². The number of nitrogens with zero attached hydrogens (tertiary/aromatic N) is 1. The normalized spacial score (nSPS) is 16.2. The first-order valence-corrected chi connectivity index (χ1v) is 13.6. The Labute approximate surface area is 183 Å². The zero-order valence-corrected chi connectivity index (χ0v) is 20.2. The second kappa shape index (κ2) is 20.7. The molecular weight excluding hydrogens is 354 g/mol. The lowest BCUT2D eigenvalue weighted by atomic mass is 10.0. The highest BCUT2D eigenvalue weighted by Gasteiger charge is 2.16. The Hall–Kier alpha value is -0.530. The Morgan fingerprint density at radius 1 is 0.586 bits per heavy atom. The second-order valence-corrected chi connectivity index (χ2v) is 9.35. The molecule has 0 fully saturated rings. The maximum atomic E-state index is 5.80. The van der Waals surface area contributed by atoms with Crippen molar-refractivity contribution in [3.63, 3.8) is 0 Å². The van der Waals surface area contributed by atoms with E-state index in [-0.39, 0.29) is 0 Å². The molecule has 0 N–H and O–H groups in total. The lowest BCUT2D eigenvalue weighted by molar-refractivity contribution is 0.213. The lowest BCUT2D eigenvalue weighted by Gasteiger charge is -2.08. The van der Waals surface area contributed by atoms with Crippen molar-refractivity contribution < 1.29 is 4.74 Å². The number of rotatable bonds is 22. The van der Waals surface area contributed by atoms with Crippen molar-refractivity contribution in [1.82, 2.24) is 0 Å². The summed E-state index contributed by atoms with van der Waals surface area (Å²) in [5.41, 5.74) is 0. The van der Waals surface area contributed by atoms with E-state index >= 15 is 0 Å². The van der Waals surface area contributed by atoms with Crippen LogP contribution < -0.4 is 0 Å². The van der Waals surface area contributed by atoms with Gasteiger partial charge in [0.2, 0.25) is 0 Å². The average molecular weight is 408 g/mol. The molecule has 1 aliphatic heterocycles. The molecule has 29 heavy (non-hydrogen) atoms. The fourth-order valence-corrected chi connectivity index (χ4v) is 4.35. The van der Waals surface area contributed by atoms with Crippen molar-refractivity contribution in [2.75, 3.05) is 6.54 Å². The highest BCUT2D eigenvalue weighted by molar-refractivity contribution is 5.77. The fraction of sp³-hybridized carbons (Fsp3) is 0.963. The topological polar surface area (TPSA) is 21.6 Å². The molecule has 0 aromatic rings. The van der Waals surface area contributed by atoms with Crippen LogP contribution in [0.1, 0.15) is 155 Å². The molecule has 1 atom stereocenters. The smallest absolute Gasteiger partial charge is 0.183 e. The van der Waals surface area contributed by atoms with Gasteiger partial charge in [0.25, 0.3) is 0 Å². The van der Waals surface area contributed by atoms with Crippen LogP contribution in [0, 0.1) is 0 Å². The minimum atomic E-state index is 0.370. The second-order valence-electron chi connectivity index (χ2n) is 9.35. The van der Waals surface area contributed by atoms with Gasteiger partial charge in [-0.25, -0.2) is 0 Å². The highest BCUT2D eigenvalue weighted by atomic mass is 16.5. The van der Waals surface area contributed by atoms with E-state index in [0.29, 0.717) is 6.10 Å². The molecule has 2 nitrogen and oxygen atoms in total. The third kappa shape index (κ3) is 16.9. The Morgan fingerprint density at radius 2 is 0.966 bits per heavy atom. The van der Waals surface area contributed by atoms with E-state index in [0.717, 1.165) is 25.3 Å². The van der Waals surface area contributed by atoms with Gasteiger partial charge in [-0.1, -0.05) is 136 Å². The summed E-state index contributed by atoms with van der Waals surface area (Å²) in [7, 11) is 0. The molecule has 2 heteroatoms. The first-order chi connectivity index (χ1) is 14.4. The predicted octanol–water partition coefficient (Wildman–Crippen LogP) is 9.41. The summed E-state index contributed by atoms with van der Waals surface area (Å²) in [5.74, 6) is 1.03. The van der Waals surface area contributed by atoms with Gasteiger partial charge in [-0.15, -0.1) is 0 Å².